The Morgan fingerprint density at radius 3 is 1.32 bits per heavy atom. The van der Waals surface area contributed by atoms with E-state index in [4.69, 9.17) is 0 Å². The smallest absolute Gasteiger partial charge is 0.0714 e. The fourth-order valence-corrected chi connectivity index (χ4v) is 11.6. The van der Waals surface area contributed by atoms with Crippen molar-refractivity contribution in [2.24, 2.45) is 0 Å². The molecule has 12 rings (SSSR count). The molecule has 308 valence electrons. The zero-order valence-electron chi connectivity index (χ0n) is 36.6. The van der Waals surface area contributed by atoms with Crippen molar-refractivity contribution in [1.82, 2.24) is 0 Å². The van der Waals surface area contributed by atoms with E-state index in [-0.39, 0.29) is 0 Å². The Hall–Kier alpha value is -8.00. The maximum Gasteiger partial charge on any atom is 0.0714 e. The molecule has 0 unspecified atom stereocenters. The Morgan fingerprint density at radius 2 is 0.754 bits per heavy atom. The van der Waals surface area contributed by atoms with Crippen LogP contribution in [0, 0.1) is 13.8 Å². The monoisotopic (exact) mass is 829 g/mol. The lowest BCUT2D eigenvalue weighted by molar-refractivity contribution is 0.768. The van der Waals surface area contributed by atoms with Crippen LogP contribution in [0.5, 0.6) is 0 Å². The molecule has 10 aromatic carbocycles. The fourth-order valence-electron chi connectivity index (χ4n) is 11.6. The molecule has 0 fully saturated rings. The van der Waals surface area contributed by atoms with E-state index in [9.17, 15) is 0 Å². The summed E-state index contributed by atoms with van der Waals surface area (Å²) >= 11 is 0. The third-order valence-electron chi connectivity index (χ3n) is 14.3. The maximum atomic E-state index is 2.56. The topological polar surface area (TPSA) is 3.24 Å². The standard InChI is InChI=1S/C64H47N/c1-44-22-15-16-31-52(44)46-38-41-60(45(2)42-46)65(51-39-40-54-53-32-17-19-34-56(53)64(59(54)43-51,49-27-11-5-12-28-49)50-29-13-6-14-30-50)61-37-21-36-58-62(61)55-33-18-20-35-57(55)63(58,47-23-7-3-8-24-47)48-25-9-4-10-26-48/h3-43H,1-2H3. The van der Waals surface area contributed by atoms with Gasteiger partial charge in [-0.3, -0.25) is 0 Å². The van der Waals surface area contributed by atoms with Crippen LogP contribution in [0.4, 0.5) is 17.1 Å². The van der Waals surface area contributed by atoms with Crippen LogP contribution in [0.25, 0.3) is 33.4 Å². The SMILES string of the molecule is Cc1ccccc1-c1ccc(N(c2ccc3c(c2)C(c2ccccc2)(c2ccccc2)c2ccccc2-3)c2cccc3c2-c2ccccc2C3(c2ccccc2)c2ccccc2)c(C)c1. The van der Waals surface area contributed by atoms with Crippen LogP contribution in [0.1, 0.15) is 55.6 Å². The molecule has 0 amide bonds. The zero-order chi connectivity index (χ0) is 43.5. The number of anilines is 3. The van der Waals surface area contributed by atoms with Gasteiger partial charge in [-0.2, -0.15) is 0 Å². The zero-order valence-corrected chi connectivity index (χ0v) is 36.6. The van der Waals surface area contributed by atoms with Gasteiger partial charge in [0.05, 0.1) is 16.5 Å². The first-order valence-corrected chi connectivity index (χ1v) is 22.8. The molecule has 0 N–H and O–H groups in total. The molecule has 0 aromatic heterocycles. The van der Waals surface area contributed by atoms with E-state index in [1.54, 1.807) is 0 Å². The van der Waals surface area contributed by atoms with Gasteiger partial charge in [-0.1, -0.05) is 218 Å². The molecule has 0 heterocycles. The molecule has 0 saturated carbocycles. The van der Waals surface area contributed by atoms with Crippen molar-refractivity contribution in [3.63, 3.8) is 0 Å². The first kappa shape index (κ1) is 38.7. The molecule has 0 aliphatic heterocycles. The second-order valence-corrected chi connectivity index (χ2v) is 17.6. The summed E-state index contributed by atoms with van der Waals surface area (Å²) in [6.07, 6.45) is 0. The molecular weight excluding hydrogens is 783 g/mol. The number of rotatable bonds is 8. The van der Waals surface area contributed by atoms with Crippen molar-refractivity contribution in [2.75, 3.05) is 4.90 Å². The molecule has 1 heteroatoms. The third-order valence-corrected chi connectivity index (χ3v) is 14.3. The van der Waals surface area contributed by atoms with Crippen molar-refractivity contribution in [1.29, 1.82) is 0 Å². The normalized spacial score (nSPS) is 13.6. The lowest BCUT2D eigenvalue weighted by atomic mass is 9.67. The Labute approximate surface area is 382 Å². The van der Waals surface area contributed by atoms with Gasteiger partial charge in [-0.25, -0.2) is 0 Å². The molecule has 0 saturated heterocycles. The Morgan fingerprint density at radius 1 is 0.292 bits per heavy atom. The van der Waals surface area contributed by atoms with Gasteiger partial charge in [0.1, 0.15) is 0 Å². The average molecular weight is 830 g/mol. The van der Waals surface area contributed by atoms with Crippen molar-refractivity contribution < 1.29 is 0 Å². The predicted octanol–water partition coefficient (Wildman–Crippen LogP) is 16.2. The van der Waals surface area contributed by atoms with Gasteiger partial charge < -0.3 is 4.90 Å². The molecular formula is C64H47N. The van der Waals surface area contributed by atoms with Crippen molar-refractivity contribution in [3.05, 3.63) is 304 Å². The Balaban J connectivity index is 1.17. The van der Waals surface area contributed by atoms with Crippen LogP contribution in [-0.4, -0.2) is 0 Å². The van der Waals surface area contributed by atoms with E-state index in [2.05, 4.69) is 267 Å². The average Bonchev–Trinajstić information content (AvgIpc) is 3.84. The highest BCUT2D eigenvalue weighted by molar-refractivity contribution is 5.99. The first-order chi connectivity index (χ1) is 32.1. The summed E-state index contributed by atoms with van der Waals surface area (Å²) in [6, 6.07) is 92.6. The summed E-state index contributed by atoms with van der Waals surface area (Å²) in [7, 11) is 0. The molecule has 1 nitrogen and oxygen atoms in total. The van der Waals surface area contributed by atoms with E-state index >= 15 is 0 Å². The minimum Gasteiger partial charge on any atom is -0.310 e. The molecule has 2 aliphatic rings. The van der Waals surface area contributed by atoms with Gasteiger partial charge in [0.2, 0.25) is 0 Å². The number of hydrogen-bond acceptors (Lipinski definition) is 1. The molecule has 0 spiro atoms. The Bertz CT molecular complexity index is 3310. The number of aryl methyl sites for hydroxylation is 2. The highest BCUT2D eigenvalue weighted by Crippen LogP contribution is 2.61. The van der Waals surface area contributed by atoms with Gasteiger partial charge in [0, 0.05) is 16.9 Å². The van der Waals surface area contributed by atoms with Crippen LogP contribution in [0.2, 0.25) is 0 Å². The third kappa shape index (κ3) is 5.72. The highest BCUT2D eigenvalue weighted by Gasteiger charge is 2.49. The lowest BCUT2D eigenvalue weighted by Crippen LogP contribution is -2.29. The Kier molecular flexibility index (Phi) is 9.14. The summed E-state index contributed by atoms with van der Waals surface area (Å²) in [5, 5.41) is 0. The number of benzene rings is 10. The minimum atomic E-state index is -0.541. The van der Waals surface area contributed by atoms with Gasteiger partial charge in [-0.15, -0.1) is 0 Å². The van der Waals surface area contributed by atoms with Crippen LogP contribution in [0.3, 0.4) is 0 Å². The molecule has 0 atom stereocenters. The molecule has 10 aromatic rings. The summed E-state index contributed by atoms with van der Waals surface area (Å²) in [5.74, 6) is 0. The maximum absolute atomic E-state index is 2.56. The van der Waals surface area contributed by atoms with Crippen LogP contribution < -0.4 is 4.90 Å². The second kappa shape index (κ2) is 15.4. The van der Waals surface area contributed by atoms with Crippen molar-refractivity contribution in [2.45, 2.75) is 24.7 Å². The summed E-state index contributed by atoms with van der Waals surface area (Å²) < 4.78 is 0. The summed E-state index contributed by atoms with van der Waals surface area (Å²) in [6.45, 7) is 4.48. The van der Waals surface area contributed by atoms with Crippen LogP contribution >= 0.6 is 0 Å². The molecule has 2 aliphatic carbocycles. The minimum absolute atomic E-state index is 0.533. The van der Waals surface area contributed by atoms with Crippen molar-refractivity contribution in [3.8, 4) is 33.4 Å². The number of fused-ring (bicyclic) bond motifs is 6. The first-order valence-electron chi connectivity index (χ1n) is 22.8. The number of hydrogen-bond donors (Lipinski definition) is 0. The molecule has 0 radical (unpaired) electrons. The van der Waals surface area contributed by atoms with Gasteiger partial charge >= 0.3 is 0 Å². The van der Waals surface area contributed by atoms with E-state index in [1.807, 2.05) is 0 Å². The molecule has 0 bridgehead atoms. The quantitative estimate of drug-likeness (QED) is 0.147. The largest absolute Gasteiger partial charge is 0.310 e. The van der Waals surface area contributed by atoms with Gasteiger partial charge in [0.15, 0.2) is 0 Å². The number of nitrogens with zero attached hydrogens (tertiary/aromatic N) is 1. The van der Waals surface area contributed by atoms with Crippen LogP contribution in [-0.2, 0) is 10.8 Å². The second-order valence-electron chi connectivity index (χ2n) is 17.6. The van der Waals surface area contributed by atoms with Crippen molar-refractivity contribution >= 4 is 17.1 Å². The van der Waals surface area contributed by atoms with Gasteiger partial charge in [-0.05, 0) is 128 Å². The van der Waals surface area contributed by atoms with Gasteiger partial charge in [0.25, 0.3) is 0 Å². The highest BCUT2D eigenvalue weighted by atomic mass is 15.1. The van der Waals surface area contributed by atoms with E-state index in [0.717, 1.165) is 17.1 Å². The summed E-state index contributed by atoms with van der Waals surface area (Å²) in [4.78, 5) is 2.56. The lowest BCUT2D eigenvalue weighted by Gasteiger charge is -2.36. The predicted molar refractivity (Wildman–Crippen MR) is 271 cm³/mol. The fraction of sp³-hybridized carbons (Fsp3) is 0.0625. The van der Waals surface area contributed by atoms with E-state index in [0.29, 0.717) is 0 Å². The van der Waals surface area contributed by atoms with E-state index in [1.165, 1.54) is 89.0 Å². The van der Waals surface area contributed by atoms with E-state index < -0.39 is 10.8 Å². The molecule has 65 heavy (non-hydrogen) atoms. The van der Waals surface area contributed by atoms with Crippen LogP contribution in [0.15, 0.2) is 249 Å². The summed E-state index contributed by atoms with van der Waals surface area (Å²) in [5.41, 5.74) is 22.5.